The Kier molecular flexibility index (Phi) is 6.80. The van der Waals surface area contributed by atoms with Gasteiger partial charge in [-0.2, -0.15) is 0 Å². The quantitative estimate of drug-likeness (QED) is 0.665. The zero-order valence-electron chi connectivity index (χ0n) is 12.7. The van der Waals surface area contributed by atoms with Crippen molar-refractivity contribution in [1.82, 2.24) is 5.32 Å². The van der Waals surface area contributed by atoms with E-state index in [1.807, 2.05) is 6.92 Å². The fourth-order valence-electron chi connectivity index (χ4n) is 2.85. The summed E-state index contributed by atoms with van der Waals surface area (Å²) in [6.45, 7) is 7.45. The van der Waals surface area contributed by atoms with Gasteiger partial charge in [-0.05, 0) is 38.5 Å². The van der Waals surface area contributed by atoms with Gasteiger partial charge in [0.2, 0.25) is 5.91 Å². The van der Waals surface area contributed by atoms with E-state index in [0.717, 1.165) is 45.1 Å². The standard InChI is InChI=1S/C15H30N2O2/c1-4-5-6-9-17-14(18)13(3)19-15(11-16)8-7-12(2)10-15/h12-13H,4-11,16H2,1-3H3,(H,17,18). The number of amides is 1. The Balaban J connectivity index is 2.36. The highest BCUT2D eigenvalue weighted by Gasteiger charge is 2.39. The first kappa shape index (κ1) is 16.4. The molecule has 3 unspecified atom stereocenters. The Hall–Kier alpha value is -0.610. The van der Waals surface area contributed by atoms with Gasteiger partial charge in [0, 0.05) is 13.1 Å². The number of rotatable bonds is 8. The first-order valence-corrected chi connectivity index (χ1v) is 7.68. The van der Waals surface area contributed by atoms with Crippen LogP contribution in [0.25, 0.3) is 0 Å². The van der Waals surface area contributed by atoms with Gasteiger partial charge in [-0.15, -0.1) is 0 Å². The maximum Gasteiger partial charge on any atom is 0.248 e. The van der Waals surface area contributed by atoms with Crippen molar-refractivity contribution in [2.75, 3.05) is 13.1 Å². The smallest absolute Gasteiger partial charge is 0.248 e. The van der Waals surface area contributed by atoms with Gasteiger partial charge in [0.15, 0.2) is 0 Å². The van der Waals surface area contributed by atoms with E-state index >= 15 is 0 Å². The number of nitrogens with two attached hydrogens (primary N) is 1. The molecule has 1 rings (SSSR count). The number of nitrogens with one attached hydrogen (secondary N) is 1. The topological polar surface area (TPSA) is 64.3 Å². The number of ether oxygens (including phenoxy) is 1. The average molecular weight is 270 g/mol. The summed E-state index contributed by atoms with van der Waals surface area (Å²) in [6, 6.07) is 0. The van der Waals surface area contributed by atoms with Gasteiger partial charge in [-0.1, -0.05) is 26.7 Å². The van der Waals surface area contributed by atoms with Crippen LogP contribution in [0, 0.1) is 5.92 Å². The summed E-state index contributed by atoms with van der Waals surface area (Å²) in [4.78, 5) is 12.0. The van der Waals surface area contributed by atoms with Crippen molar-refractivity contribution in [3.8, 4) is 0 Å². The number of hydrogen-bond donors (Lipinski definition) is 2. The first-order chi connectivity index (χ1) is 9.03. The molecule has 0 bridgehead atoms. The lowest BCUT2D eigenvalue weighted by Gasteiger charge is -2.31. The molecule has 112 valence electrons. The molecule has 1 aliphatic carbocycles. The highest BCUT2D eigenvalue weighted by molar-refractivity contribution is 5.80. The van der Waals surface area contributed by atoms with Crippen molar-refractivity contribution in [3.63, 3.8) is 0 Å². The molecule has 0 aromatic carbocycles. The fraction of sp³-hybridized carbons (Fsp3) is 0.933. The number of carbonyl (C=O) groups excluding carboxylic acids is 1. The minimum Gasteiger partial charge on any atom is -0.361 e. The zero-order chi connectivity index (χ0) is 14.3. The van der Waals surface area contributed by atoms with E-state index < -0.39 is 6.10 Å². The molecule has 0 heterocycles. The van der Waals surface area contributed by atoms with Crippen LogP contribution < -0.4 is 11.1 Å². The molecule has 0 aromatic heterocycles. The molecule has 0 aromatic rings. The third kappa shape index (κ3) is 5.11. The van der Waals surface area contributed by atoms with Crippen LogP contribution in [0.1, 0.15) is 59.3 Å². The van der Waals surface area contributed by atoms with Gasteiger partial charge in [0.25, 0.3) is 0 Å². The number of carbonyl (C=O) groups is 1. The van der Waals surface area contributed by atoms with Crippen LogP contribution in [0.3, 0.4) is 0 Å². The van der Waals surface area contributed by atoms with Crippen molar-refractivity contribution >= 4 is 5.91 Å². The lowest BCUT2D eigenvalue weighted by atomic mass is 10.0. The lowest BCUT2D eigenvalue weighted by Crippen LogP contribution is -2.45. The van der Waals surface area contributed by atoms with Crippen LogP contribution >= 0.6 is 0 Å². The summed E-state index contributed by atoms with van der Waals surface area (Å²) < 4.78 is 6.00. The van der Waals surface area contributed by atoms with E-state index in [0.29, 0.717) is 12.5 Å². The zero-order valence-corrected chi connectivity index (χ0v) is 12.7. The predicted octanol–water partition coefficient (Wildman–Crippen LogP) is 2.22. The molecule has 0 saturated heterocycles. The molecule has 3 atom stereocenters. The summed E-state index contributed by atoms with van der Waals surface area (Å²) in [5.74, 6) is 0.631. The Labute approximate surface area is 117 Å². The highest BCUT2D eigenvalue weighted by Crippen LogP contribution is 2.37. The van der Waals surface area contributed by atoms with Gasteiger partial charge in [0.05, 0.1) is 5.60 Å². The molecule has 1 saturated carbocycles. The molecule has 19 heavy (non-hydrogen) atoms. The molecule has 1 fully saturated rings. The van der Waals surface area contributed by atoms with Gasteiger partial charge >= 0.3 is 0 Å². The van der Waals surface area contributed by atoms with Crippen LogP contribution in [0.5, 0.6) is 0 Å². The van der Waals surface area contributed by atoms with Crippen molar-refractivity contribution in [1.29, 1.82) is 0 Å². The Bertz CT molecular complexity index is 283. The fourth-order valence-corrected chi connectivity index (χ4v) is 2.85. The molecule has 0 radical (unpaired) electrons. The van der Waals surface area contributed by atoms with Gasteiger partial charge in [-0.25, -0.2) is 0 Å². The second kappa shape index (κ2) is 7.85. The van der Waals surface area contributed by atoms with Gasteiger partial charge < -0.3 is 15.8 Å². The van der Waals surface area contributed by atoms with Crippen molar-refractivity contribution in [2.24, 2.45) is 11.7 Å². The van der Waals surface area contributed by atoms with Crippen molar-refractivity contribution < 1.29 is 9.53 Å². The maximum absolute atomic E-state index is 12.0. The second-order valence-corrected chi connectivity index (χ2v) is 5.99. The Morgan fingerprint density at radius 3 is 2.79 bits per heavy atom. The molecule has 3 N–H and O–H groups in total. The molecule has 1 amide bonds. The van der Waals surface area contributed by atoms with Gasteiger partial charge in [0.1, 0.15) is 6.10 Å². The van der Waals surface area contributed by atoms with Crippen LogP contribution in [-0.2, 0) is 9.53 Å². The Morgan fingerprint density at radius 1 is 1.53 bits per heavy atom. The van der Waals surface area contributed by atoms with E-state index in [9.17, 15) is 4.79 Å². The molecule has 0 spiro atoms. The predicted molar refractivity (Wildman–Crippen MR) is 77.9 cm³/mol. The minimum atomic E-state index is -0.407. The van der Waals surface area contributed by atoms with Crippen LogP contribution in [0.15, 0.2) is 0 Å². The Morgan fingerprint density at radius 2 is 2.26 bits per heavy atom. The van der Waals surface area contributed by atoms with E-state index in [2.05, 4.69) is 19.2 Å². The molecular weight excluding hydrogens is 240 g/mol. The van der Waals surface area contributed by atoms with E-state index in [1.54, 1.807) is 0 Å². The average Bonchev–Trinajstić information content (AvgIpc) is 2.76. The van der Waals surface area contributed by atoms with Gasteiger partial charge in [-0.3, -0.25) is 4.79 Å². The monoisotopic (exact) mass is 270 g/mol. The SMILES string of the molecule is CCCCCNC(=O)C(C)OC1(CN)CCC(C)C1. The molecule has 4 heteroatoms. The minimum absolute atomic E-state index is 0.0107. The van der Waals surface area contributed by atoms with E-state index in [-0.39, 0.29) is 11.5 Å². The lowest BCUT2D eigenvalue weighted by molar-refractivity contribution is -0.144. The summed E-state index contributed by atoms with van der Waals surface area (Å²) >= 11 is 0. The van der Waals surface area contributed by atoms with Crippen molar-refractivity contribution in [2.45, 2.75) is 71.0 Å². The normalized spacial score (nSPS) is 28.3. The van der Waals surface area contributed by atoms with Crippen LogP contribution in [0.4, 0.5) is 0 Å². The highest BCUT2D eigenvalue weighted by atomic mass is 16.5. The molecule has 1 aliphatic rings. The third-order valence-corrected chi connectivity index (χ3v) is 4.06. The summed E-state index contributed by atoms with van der Waals surface area (Å²) in [5, 5.41) is 2.94. The number of hydrogen-bond acceptors (Lipinski definition) is 3. The van der Waals surface area contributed by atoms with E-state index in [1.165, 1.54) is 0 Å². The second-order valence-electron chi connectivity index (χ2n) is 5.99. The van der Waals surface area contributed by atoms with E-state index in [4.69, 9.17) is 10.5 Å². The third-order valence-electron chi connectivity index (χ3n) is 4.06. The summed E-state index contributed by atoms with van der Waals surface area (Å²) in [5.41, 5.74) is 5.58. The summed E-state index contributed by atoms with van der Waals surface area (Å²) in [6.07, 6.45) is 6.02. The molecule has 0 aliphatic heterocycles. The largest absolute Gasteiger partial charge is 0.361 e. The maximum atomic E-state index is 12.0. The summed E-state index contributed by atoms with van der Waals surface area (Å²) in [7, 11) is 0. The molecular formula is C15H30N2O2. The molecule has 4 nitrogen and oxygen atoms in total. The van der Waals surface area contributed by atoms with Crippen molar-refractivity contribution in [3.05, 3.63) is 0 Å². The first-order valence-electron chi connectivity index (χ1n) is 7.68. The van der Waals surface area contributed by atoms with Crippen LogP contribution in [-0.4, -0.2) is 30.7 Å². The number of unbranched alkanes of at least 4 members (excludes halogenated alkanes) is 2. The van der Waals surface area contributed by atoms with Crippen LogP contribution in [0.2, 0.25) is 0 Å².